The third-order valence-corrected chi connectivity index (χ3v) is 6.25. The Balaban J connectivity index is 1.47. The summed E-state index contributed by atoms with van der Waals surface area (Å²) in [5.41, 5.74) is 1.93. The van der Waals surface area contributed by atoms with Gasteiger partial charge in [0.05, 0.1) is 16.7 Å². The van der Waals surface area contributed by atoms with Crippen molar-refractivity contribution in [1.82, 2.24) is 4.98 Å². The van der Waals surface area contributed by atoms with Crippen molar-refractivity contribution in [3.8, 4) is 11.3 Å². The molecule has 8 heteroatoms. The molecule has 0 unspecified atom stereocenters. The molecule has 3 aromatic rings. The number of fused-ring (bicyclic) bond motifs is 1. The van der Waals surface area contributed by atoms with E-state index in [1.807, 2.05) is 0 Å². The maximum Gasteiger partial charge on any atom is 0.227 e. The molecule has 0 fully saturated rings. The van der Waals surface area contributed by atoms with Gasteiger partial charge in [-0.05, 0) is 48.7 Å². The van der Waals surface area contributed by atoms with Gasteiger partial charge in [-0.1, -0.05) is 12.1 Å². The summed E-state index contributed by atoms with van der Waals surface area (Å²) in [7, 11) is -3.29. The molecule has 1 amide bonds. The first-order chi connectivity index (χ1) is 14.3. The average Bonchev–Trinajstić information content (AvgIpc) is 3.19. The summed E-state index contributed by atoms with van der Waals surface area (Å²) in [5, 5.41) is 0. The Morgan fingerprint density at radius 3 is 2.80 bits per heavy atom. The van der Waals surface area contributed by atoms with E-state index in [0.717, 1.165) is 24.1 Å². The largest absolute Gasteiger partial charge is 0.441 e. The summed E-state index contributed by atoms with van der Waals surface area (Å²) >= 11 is 0. The molecule has 0 saturated carbocycles. The second kappa shape index (κ2) is 8.02. The Bertz CT molecular complexity index is 1200. The van der Waals surface area contributed by atoms with Crippen LogP contribution in [0.2, 0.25) is 0 Å². The topological polar surface area (TPSA) is 80.5 Å². The Hall–Kier alpha value is -3.00. The lowest BCUT2D eigenvalue weighted by atomic mass is 10.0. The van der Waals surface area contributed by atoms with Crippen LogP contribution in [0.25, 0.3) is 11.3 Å². The summed E-state index contributed by atoms with van der Waals surface area (Å²) in [4.78, 5) is 18.9. The molecule has 2 aromatic carbocycles. The van der Waals surface area contributed by atoms with E-state index in [4.69, 9.17) is 4.42 Å². The number of hydrogen-bond donors (Lipinski definition) is 0. The number of halogens is 1. The smallest absolute Gasteiger partial charge is 0.227 e. The normalized spacial score (nSPS) is 13.9. The number of amides is 1. The molecule has 0 atom stereocenters. The van der Waals surface area contributed by atoms with Crippen LogP contribution >= 0.6 is 0 Å². The number of aromatic nitrogens is 1. The number of nitrogens with zero attached hydrogens (tertiary/aromatic N) is 2. The Kier molecular flexibility index (Phi) is 5.42. The number of anilines is 1. The highest BCUT2D eigenvalue weighted by Gasteiger charge is 2.24. The number of carbonyl (C=O) groups excluding carboxylic acids is 1. The van der Waals surface area contributed by atoms with Crippen molar-refractivity contribution in [3.63, 3.8) is 0 Å². The van der Waals surface area contributed by atoms with Gasteiger partial charge in [-0.2, -0.15) is 0 Å². The van der Waals surface area contributed by atoms with Crippen molar-refractivity contribution >= 4 is 21.4 Å². The van der Waals surface area contributed by atoms with Gasteiger partial charge in [0.2, 0.25) is 5.91 Å². The summed E-state index contributed by atoms with van der Waals surface area (Å²) in [5.74, 6) is 0.210. The number of rotatable bonds is 5. The van der Waals surface area contributed by atoms with Crippen LogP contribution in [0.5, 0.6) is 0 Å². The predicted octanol–water partition coefficient (Wildman–Crippen LogP) is 3.80. The molecule has 0 saturated heterocycles. The van der Waals surface area contributed by atoms with E-state index in [1.54, 1.807) is 35.2 Å². The van der Waals surface area contributed by atoms with Crippen LogP contribution in [-0.2, 0) is 27.5 Å². The fraction of sp³-hybridized carbons (Fsp3) is 0.273. The number of hydrogen-bond acceptors (Lipinski definition) is 5. The van der Waals surface area contributed by atoms with Gasteiger partial charge >= 0.3 is 0 Å². The maximum atomic E-state index is 13.9. The fourth-order valence-corrected chi connectivity index (χ4v) is 4.29. The molecule has 0 bridgehead atoms. The molecule has 1 aliphatic rings. The van der Waals surface area contributed by atoms with Gasteiger partial charge in [0, 0.05) is 31.3 Å². The van der Waals surface area contributed by atoms with Gasteiger partial charge < -0.3 is 9.32 Å². The minimum atomic E-state index is -3.29. The SMILES string of the molecule is CS(=O)(=O)c1ccc2c(c1)CCCN2C(=O)CCc1ncc(-c2ccccc2F)o1. The fourth-order valence-electron chi connectivity index (χ4n) is 3.62. The molecule has 0 N–H and O–H groups in total. The standard InChI is InChI=1S/C22H21FN2O4S/c1-30(27,28)16-8-9-19-15(13-16)5-4-12-25(19)22(26)11-10-21-24-14-20(29-21)17-6-2-3-7-18(17)23/h2-3,6-9,13-14H,4-5,10-12H2,1H3. The molecular weight excluding hydrogens is 407 g/mol. The molecule has 156 valence electrons. The summed E-state index contributed by atoms with van der Waals surface area (Å²) in [6.07, 6.45) is 4.61. The summed E-state index contributed by atoms with van der Waals surface area (Å²) in [6.45, 7) is 0.579. The van der Waals surface area contributed by atoms with Crippen molar-refractivity contribution in [2.75, 3.05) is 17.7 Å². The van der Waals surface area contributed by atoms with Crippen molar-refractivity contribution in [3.05, 3.63) is 65.9 Å². The predicted molar refractivity (Wildman–Crippen MR) is 110 cm³/mol. The van der Waals surface area contributed by atoms with Crippen molar-refractivity contribution in [2.24, 2.45) is 0 Å². The average molecular weight is 428 g/mol. The molecule has 30 heavy (non-hydrogen) atoms. The second-order valence-electron chi connectivity index (χ2n) is 7.31. The van der Waals surface area contributed by atoms with Crippen molar-refractivity contribution in [2.45, 2.75) is 30.6 Å². The van der Waals surface area contributed by atoms with Crippen LogP contribution < -0.4 is 4.90 Å². The quantitative estimate of drug-likeness (QED) is 0.618. The van der Waals surface area contributed by atoms with E-state index >= 15 is 0 Å². The van der Waals surface area contributed by atoms with E-state index < -0.39 is 15.7 Å². The lowest BCUT2D eigenvalue weighted by Gasteiger charge is -2.29. The molecular formula is C22H21FN2O4S. The Labute approximate surface area is 174 Å². The lowest BCUT2D eigenvalue weighted by molar-refractivity contribution is -0.118. The van der Waals surface area contributed by atoms with Gasteiger partial charge in [-0.15, -0.1) is 0 Å². The monoisotopic (exact) mass is 428 g/mol. The molecule has 1 aliphatic heterocycles. The number of carbonyl (C=O) groups is 1. The van der Waals surface area contributed by atoms with Gasteiger partial charge in [0.15, 0.2) is 21.5 Å². The minimum absolute atomic E-state index is 0.0892. The molecule has 4 rings (SSSR count). The number of sulfone groups is 1. The minimum Gasteiger partial charge on any atom is -0.441 e. The number of aryl methyl sites for hydroxylation is 2. The third kappa shape index (κ3) is 4.14. The van der Waals surface area contributed by atoms with Gasteiger partial charge in [-0.25, -0.2) is 17.8 Å². The third-order valence-electron chi connectivity index (χ3n) is 5.14. The zero-order valence-corrected chi connectivity index (χ0v) is 17.3. The van der Waals surface area contributed by atoms with E-state index in [9.17, 15) is 17.6 Å². The highest BCUT2D eigenvalue weighted by atomic mass is 32.2. The van der Waals surface area contributed by atoms with Crippen LogP contribution in [0, 0.1) is 5.82 Å². The van der Waals surface area contributed by atoms with Crippen LogP contribution in [0.15, 0.2) is 58.0 Å². The number of oxazole rings is 1. The highest BCUT2D eigenvalue weighted by molar-refractivity contribution is 7.90. The van der Waals surface area contributed by atoms with Gasteiger partial charge in [-0.3, -0.25) is 4.79 Å². The van der Waals surface area contributed by atoms with Gasteiger partial charge in [0.25, 0.3) is 0 Å². The van der Waals surface area contributed by atoms with Crippen molar-refractivity contribution in [1.29, 1.82) is 0 Å². The highest BCUT2D eigenvalue weighted by Crippen LogP contribution is 2.30. The van der Waals surface area contributed by atoms with E-state index in [2.05, 4.69) is 4.98 Å². The Morgan fingerprint density at radius 1 is 1.23 bits per heavy atom. The molecule has 0 radical (unpaired) electrons. The van der Waals surface area contributed by atoms with Crippen molar-refractivity contribution < 1.29 is 22.0 Å². The molecule has 6 nitrogen and oxygen atoms in total. The first kappa shape index (κ1) is 20.3. The zero-order chi connectivity index (χ0) is 21.3. The summed E-state index contributed by atoms with van der Waals surface area (Å²) < 4.78 is 43.1. The molecule has 0 aliphatic carbocycles. The first-order valence-corrected chi connectivity index (χ1v) is 11.5. The maximum absolute atomic E-state index is 13.9. The van der Waals surface area contributed by atoms with E-state index in [-0.39, 0.29) is 17.2 Å². The lowest BCUT2D eigenvalue weighted by Crippen LogP contribution is -2.35. The van der Waals surface area contributed by atoms with E-state index in [1.165, 1.54) is 24.6 Å². The molecule has 2 heterocycles. The van der Waals surface area contributed by atoms with Crippen LogP contribution in [-0.4, -0.2) is 32.1 Å². The number of benzene rings is 2. The van der Waals surface area contributed by atoms with Crippen LogP contribution in [0.1, 0.15) is 24.3 Å². The van der Waals surface area contributed by atoms with Crippen LogP contribution in [0.3, 0.4) is 0 Å². The molecule has 1 aromatic heterocycles. The molecule has 0 spiro atoms. The summed E-state index contributed by atoms with van der Waals surface area (Å²) in [6, 6.07) is 11.2. The Morgan fingerprint density at radius 2 is 2.03 bits per heavy atom. The zero-order valence-electron chi connectivity index (χ0n) is 16.5. The van der Waals surface area contributed by atoms with Gasteiger partial charge in [0.1, 0.15) is 5.82 Å². The van der Waals surface area contributed by atoms with Crippen LogP contribution in [0.4, 0.5) is 10.1 Å². The van der Waals surface area contributed by atoms with E-state index in [0.29, 0.717) is 30.2 Å². The first-order valence-electron chi connectivity index (χ1n) is 9.66. The second-order valence-corrected chi connectivity index (χ2v) is 9.33.